The van der Waals surface area contributed by atoms with E-state index < -0.39 is 11.6 Å². The summed E-state index contributed by atoms with van der Waals surface area (Å²) in [5.74, 6) is -1.47. The van der Waals surface area contributed by atoms with E-state index in [1.165, 1.54) is 0 Å². The van der Waals surface area contributed by atoms with Crippen LogP contribution in [0.1, 0.15) is 5.56 Å². The molecule has 0 bridgehead atoms. The Kier molecular flexibility index (Phi) is 4.31. The fourth-order valence-corrected chi connectivity index (χ4v) is 1.99. The van der Waals surface area contributed by atoms with Crippen LogP contribution in [0.3, 0.4) is 0 Å². The Bertz CT molecular complexity index is 606. The van der Waals surface area contributed by atoms with E-state index in [-0.39, 0.29) is 16.2 Å². The number of rotatable bonds is 3. The van der Waals surface area contributed by atoms with Crippen molar-refractivity contribution in [2.24, 2.45) is 5.73 Å². The molecule has 98 valence electrons. The largest absolute Gasteiger partial charge is 0.389 e. The summed E-state index contributed by atoms with van der Waals surface area (Å²) in [6.07, 6.45) is 0. The standard InChI is InChI=1S/C13H9F2IN2S/c14-10-5-7(13(17)19)6-11(15)12(10)18-9-3-1-8(16)2-4-9/h1-6,18H,(H2,17,19). The van der Waals surface area contributed by atoms with Crippen LogP contribution in [0.2, 0.25) is 0 Å². The Balaban J connectivity index is 2.35. The molecule has 2 aromatic rings. The van der Waals surface area contributed by atoms with Crippen molar-refractivity contribution < 1.29 is 8.78 Å². The first-order valence-corrected chi connectivity index (χ1v) is 6.77. The minimum absolute atomic E-state index is 0.0429. The zero-order valence-electron chi connectivity index (χ0n) is 9.58. The van der Waals surface area contributed by atoms with Gasteiger partial charge < -0.3 is 11.1 Å². The van der Waals surface area contributed by atoms with Gasteiger partial charge >= 0.3 is 0 Å². The normalized spacial score (nSPS) is 10.3. The molecule has 2 aromatic carbocycles. The SMILES string of the molecule is NC(=S)c1cc(F)c(Nc2ccc(I)cc2)c(F)c1. The van der Waals surface area contributed by atoms with Gasteiger partial charge in [-0.25, -0.2) is 8.78 Å². The van der Waals surface area contributed by atoms with Crippen molar-refractivity contribution in [1.29, 1.82) is 0 Å². The van der Waals surface area contributed by atoms with Crippen molar-refractivity contribution in [1.82, 2.24) is 0 Å². The second-order valence-corrected chi connectivity index (χ2v) is 5.50. The first-order chi connectivity index (χ1) is 8.97. The molecule has 0 fully saturated rings. The lowest BCUT2D eigenvalue weighted by Crippen LogP contribution is -2.11. The van der Waals surface area contributed by atoms with Gasteiger partial charge in [-0.15, -0.1) is 0 Å². The highest BCUT2D eigenvalue weighted by atomic mass is 127. The number of nitrogens with two attached hydrogens (primary N) is 1. The third kappa shape index (κ3) is 3.38. The number of halogens is 3. The molecule has 0 aliphatic rings. The fraction of sp³-hybridized carbons (Fsp3) is 0. The van der Waals surface area contributed by atoms with Crippen molar-refractivity contribution in [2.45, 2.75) is 0 Å². The van der Waals surface area contributed by atoms with E-state index >= 15 is 0 Å². The highest BCUT2D eigenvalue weighted by Gasteiger charge is 2.12. The van der Waals surface area contributed by atoms with Crippen LogP contribution in [0.15, 0.2) is 36.4 Å². The van der Waals surface area contributed by atoms with Gasteiger partial charge in [-0.2, -0.15) is 0 Å². The number of thiocarbonyl (C=S) groups is 1. The van der Waals surface area contributed by atoms with E-state index in [4.69, 9.17) is 18.0 Å². The minimum Gasteiger partial charge on any atom is -0.389 e. The van der Waals surface area contributed by atoms with Gasteiger partial charge in [-0.3, -0.25) is 0 Å². The van der Waals surface area contributed by atoms with Crippen molar-refractivity contribution >= 4 is 51.2 Å². The summed E-state index contributed by atoms with van der Waals surface area (Å²) in [4.78, 5) is -0.0429. The van der Waals surface area contributed by atoms with E-state index in [1.54, 1.807) is 12.1 Å². The van der Waals surface area contributed by atoms with Crippen LogP contribution in [-0.2, 0) is 0 Å². The molecule has 0 heterocycles. The molecule has 0 amide bonds. The molecule has 0 radical (unpaired) electrons. The van der Waals surface area contributed by atoms with E-state index in [9.17, 15) is 8.78 Å². The highest BCUT2D eigenvalue weighted by Crippen LogP contribution is 2.25. The molecule has 2 rings (SSSR count). The summed E-state index contributed by atoms with van der Waals surface area (Å²) < 4.78 is 28.7. The predicted octanol–water partition coefficient (Wildman–Crippen LogP) is 3.95. The van der Waals surface area contributed by atoms with Crippen LogP contribution in [0.25, 0.3) is 0 Å². The van der Waals surface area contributed by atoms with Crippen LogP contribution >= 0.6 is 34.8 Å². The summed E-state index contributed by atoms with van der Waals surface area (Å²) >= 11 is 6.84. The summed E-state index contributed by atoms with van der Waals surface area (Å²) in [6, 6.07) is 9.37. The number of benzene rings is 2. The lowest BCUT2D eigenvalue weighted by Gasteiger charge is -2.10. The maximum absolute atomic E-state index is 13.8. The van der Waals surface area contributed by atoms with Crippen LogP contribution in [-0.4, -0.2) is 4.99 Å². The molecular weight excluding hydrogens is 381 g/mol. The first kappa shape index (κ1) is 14.1. The van der Waals surface area contributed by atoms with Crippen molar-refractivity contribution in [3.05, 3.63) is 57.2 Å². The summed E-state index contributed by atoms with van der Waals surface area (Å²) in [7, 11) is 0. The Morgan fingerprint density at radius 3 is 2.11 bits per heavy atom. The van der Waals surface area contributed by atoms with Gasteiger partial charge in [-0.1, -0.05) is 12.2 Å². The lowest BCUT2D eigenvalue weighted by atomic mass is 10.1. The second kappa shape index (κ2) is 5.79. The number of hydrogen-bond acceptors (Lipinski definition) is 2. The summed E-state index contributed by atoms with van der Waals surface area (Å²) in [5, 5.41) is 2.70. The highest BCUT2D eigenvalue weighted by molar-refractivity contribution is 14.1. The maximum atomic E-state index is 13.8. The minimum atomic E-state index is -0.735. The maximum Gasteiger partial charge on any atom is 0.150 e. The van der Waals surface area contributed by atoms with E-state index in [2.05, 4.69) is 27.9 Å². The zero-order chi connectivity index (χ0) is 14.0. The average Bonchev–Trinajstić information content (AvgIpc) is 2.35. The van der Waals surface area contributed by atoms with E-state index in [0.717, 1.165) is 15.7 Å². The second-order valence-electron chi connectivity index (χ2n) is 3.81. The molecule has 0 saturated heterocycles. The van der Waals surface area contributed by atoms with Gasteiger partial charge in [0.15, 0.2) is 0 Å². The van der Waals surface area contributed by atoms with Crippen LogP contribution in [0, 0.1) is 15.2 Å². The van der Waals surface area contributed by atoms with Crippen LogP contribution in [0.5, 0.6) is 0 Å². The van der Waals surface area contributed by atoms with Gasteiger partial charge in [0, 0.05) is 14.8 Å². The Morgan fingerprint density at radius 2 is 1.63 bits per heavy atom. The van der Waals surface area contributed by atoms with Crippen molar-refractivity contribution in [3.63, 3.8) is 0 Å². The molecule has 0 spiro atoms. The quantitative estimate of drug-likeness (QED) is 0.616. The van der Waals surface area contributed by atoms with Gasteiger partial charge in [0.1, 0.15) is 22.3 Å². The number of anilines is 2. The smallest absolute Gasteiger partial charge is 0.150 e. The molecule has 0 aliphatic heterocycles. The van der Waals surface area contributed by atoms with Crippen LogP contribution in [0.4, 0.5) is 20.2 Å². The number of nitrogens with one attached hydrogen (secondary N) is 1. The van der Waals surface area contributed by atoms with Crippen molar-refractivity contribution in [2.75, 3.05) is 5.32 Å². The van der Waals surface area contributed by atoms with Crippen LogP contribution < -0.4 is 11.1 Å². The Labute approximate surface area is 128 Å². The monoisotopic (exact) mass is 390 g/mol. The number of hydrogen-bond donors (Lipinski definition) is 2. The van der Waals surface area contributed by atoms with Gasteiger partial charge in [0.25, 0.3) is 0 Å². The third-order valence-electron chi connectivity index (χ3n) is 2.44. The van der Waals surface area contributed by atoms with Crippen molar-refractivity contribution in [3.8, 4) is 0 Å². The Hall–Kier alpha value is -1.28. The molecule has 6 heteroatoms. The summed E-state index contributed by atoms with van der Waals surface area (Å²) in [5.41, 5.74) is 5.89. The molecule has 0 aliphatic carbocycles. The zero-order valence-corrected chi connectivity index (χ0v) is 12.6. The average molecular weight is 390 g/mol. The molecular formula is C13H9F2IN2S. The fourth-order valence-electron chi connectivity index (χ4n) is 1.51. The van der Waals surface area contributed by atoms with Gasteiger partial charge in [0.05, 0.1) is 0 Å². The van der Waals surface area contributed by atoms with Gasteiger partial charge in [0.2, 0.25) is 0 Å². The van der Waals surface area contributed by atoms with E-state index in [1.807, 2.05) is 12.1 Å². The Morgan fingerprint density at radius 1 is 1.11 bits per heavy atom. The predicted molar refractivity (Wildman–Crippen MR) is 84.7 cm³/mol. The topological polar surface area (TPSA) is 38.0 Å². The molecule has 19 heavy (non-hydrogen) atoms. The van der Waals surface area contributed by atoms with Gasteiger partial charge in [-0.05, 0) is 59.0 Å². The first-order valence-electron chi connectivity index (χ1n) is 5.29. The molecule has 2 nitrogen and oxygen atoms in total. The third-order valence-corrected chi connectivity index (χ3v) is 3.40. The van der Waals surface area contributed by atoms with E-state index in [0.29, 0.717) is 5.69 Å². The molecule has 0 unspecified atom stereocenters. The molecule has 0 aromatic heterocycles. The molecule has 0 saturated carbocycles. The summed E-state index contributed by atoms with van der Waals surface area (Å²) in [6.45, 7) is 0. The molecule has 3 N–H and O–H groups in total. The molecule has 0 atom stereocenters. The lowest BCUT2D eigenvalue weighted by molar-refractivity contribution is 0.590.